The quantitative estimate of drug-likeness (QED) is 0.862. The van der Waals surface area contributed by atoms with Crippen molar-refractivity contribution in [3.63, 3.8) is 0 Å². The minimum Gasteiger partial charge on any atom is -0.385 e. The molecule has 0 aromatic heterocycles. The Kier molecular flexibility index (Phi) is 4.08. The number of fused-ring (bicyclic) bond motifs is 1. The molecule has 0 saturated heterocycles. The Morgan fingerprint density at radius 3 is 2.83 bits per heavy atom. The van der Waals surface area contributed by atoms with Crippen molar-refractivity contribution in [1.29, 1.82) is 0 Å². The van der Waals surface area contributed by atoms with Crippen molar-refractivity contribution in [3.05, 3.63) is 35.4 Å². The normalized spacial score (nSPS) is 22.8. The third-order valence-electron chi connectivity index (χ3n) is 4.00. The van der Waals surface area contributed by atoms with Gasteiger partial charge >= 0.3 is 0 Å². The van der Waals surface area contributed by atoms with E-state index in [-0.39, 0.29) is 0 Å². The summed E-state index contributed by atoms with van der Waals surface area (Å²) in [5.41, 5.74) is 3.27. The van der Waals surface area contributed by atoms with Gasteiger partial charge in [0, 0.05) is 25.8 Å². The zero-order chi connectivity index (χ0) is 13.2. The van der Waals surface area contributed by atoms with Gasteiger partial charge in [0.25, 0.3) is 0 Å². The van der Waals surface area contributed by atoms with Crippen LogP contribution in [-0.4, -0.2) is 19.8 Å². The van der Waals surface area contributed by atoms with E-state index >= 15 is 0 Å². The van der Waals surface area contributed by atoms with E-state index < -0.39 is 0 Å². The molecule has 1 N–H and O–H groups in total. The third kappa shape index (κ3) is 2.76. The zero-order valence-electron chi connectivity index (χ0n) is 12.0. The van der Waals surface area contributed by atoms with Crippen LogP contribution in [0.3, 0.4) is 0 Å². The molecule has 18 heavy (non-hydrogen) atoms. The van der Waals surface area contributed by atoms with Crippen LogP contribution in [0.1, 0.15) is 44.4 Å². The van der Waals surface area contributed by atoms with Gasteiger partial charge < -0.3 is 10.1 Å². The van der Waals surface area contributed by atoms with E-state index in [0.29, 0.717) is 17.5 Å². The smallest absolute Gasteiger partial charge is 0.0476 e. The summed E-state index contributed by atoms with van der Waals surface area (Å²) in [7, 11) is 1.77. The van der Waals surface area contributed by atoms with Crippen LogP contribution in [0.5, 0.6) is 0 Å². The number of nitrogens with one attached hydrogen (secondary N) is 1. The van der Waals surface area contributed by atoms with E-state index in [1.165, 1.54) is 11.1 Å². The third-order valence-corrected chi connectivity index (χ3v) is 4.00. The summed E-state index contributed by atoms with van der Waals surface area (Å²) in [6.07, 6.45) is 2.23. The molecule has 0 saturated carbocycles. The highest BCUT2D eigenvalue weighted by Gasteiger charge is 2.38. The molecule has 0 bridgehead atoms. The van der Waals surface area contributed by atoms with E-state index in [1.54, 1.807) is 7.11 Å². The van der Waals surface area contributed by atoms with Gasteiger partial charge in [0.15, 0.2) is 0 Å². The predicted octanol–water partition coefficient (Wildman–Crippen LogP) is 3.32. The van der Waals surface area contributed by atoms with Crippen molar-refractivity contribution < 1.29 is 4.74 Å². The fourth-order valence-electron chi connectivity index (χ4n) is 2.97. The first-order valence-corrected chi connectivity index (χ1v) is 6.87. The van der Waals surface area contributed by atoms with E-state index in [2.05, 4.69) is 50.4 Å². The topological polar surface area (TPSA) is 21.3 Å². The van der Waals surface area contributed by atoms with Crippen molar-refractivity contribution in [3.8, 4) is 0 Å². The van der Waals surface area contributed by atoms with Crippen LogP contribution >= 0.6 is 0 Å². The van der Waals surface area contributed by atoms with Gasteiger partial charge in [-0.2, -0.15) is 0 Å². The molecule has 0 fully saturated rings. The molecule has 0 heterocycles. The standard InChI is InChI=1S/C16H25NO/c1-12(9-10-18-4)17-15-14-8-6-5-7-13(14)11-16(15,2)3/h5-8,12,15,17H,9-11H2,1-4H3. The number of hydrogen-bond acceptors (Lipinski definition) is 2. The molecule has 2 nitrogen and oxygen atoms in total. The Bertz CT molecular complexity index is 400. The van der Waals surface area contributed by atoms with Crippen molar-refractivity contribution in [1.82, 2.24) is 5.32 Å². The van der Waals surface area contributed by atoms with Gasteiger partial charge in [-0.25, -0.2) is 0 Å². The molecule has 0 spiro atoms. The second-order valence-electron chi connectivity index (χ2n) is 6.15. The average Bonchev–Trinajstić information content (AvgIpc) is 2.58. The minimum absolute atomic E-state index is 0.297. The molecule has 1 aromatic carbocycles. The van der Waals surface area contributed by atoms with E-state index in [9.17, 15) is 0 Å². The molecule has 100 valence electrons. The maximum Gasteiger partial charge on any atom is 0.0476 e. The van der Waals surface area contributed by atoms with Gasteiger partial charge in [-0.05, 0) is 36.3 Å². The lowest BCUT2D eigenvalue weighted by molar-refractivity contribution is 0.173. The summed E-state index contributed by atoms with van der Waals surface area (Å²) in [5.74, 6) is 0. The molecule has 2 heteroatoms. The van der Waals surface area contributed by atoms with Gasteiger partial charge in [0.2, 0.25) is 0 Å². The summed E-state index contributed by atoms with van der Waals surface area (Å²) in [5, 5.41) is 3.78. The lowest BCUT2D eigenvalue weighted by Gasteiger charge is -2.31. The zero-order valence-corrected chi connectivity index (χ0v) is 12.0. The van der Waals surface area contributed by atoms with Gasteiger partial charge in [-0.15, -0.1) is 0 Å². The monoisotopic (exact) mass is 247 g/mol. The molecule has 0 amide bonds. The van der Waals surface area contributed by atoms with Crippen LogP contribution < -0.4 is 5.32 Å². The van der Waals surface area contributed by atoms with Crippen LogP contribution in [0.25, 0.3) is 0 Å². The maximum atomic E-state index is 5.16. The second kappa shape index (κ2) is 5.41. The van der Waals surface area contributed by atoms with Gasteiger partial charge in [0.05, 0.1) is 0 Å². The van der Waals surface area contributed by atoms with Crippen LogP contribution in [0.4, 0.5) is 0 Å². The Morgan fingerprint density at radius 2 is 2.11 bits per heavy atom. The Hall–Kier alpha value is -0.860. The second-order valence-corrected chi connectivity index (χ2v) is 6.15. The van der Waals surface area contributed by atoms with Crippen molar-refractivity contribution in [2.45, 2.75) is 45.7 Å². The lowest BCUT2D eigenvalue weighted by atomic mass is 9.85. The van der Waals surface area contributed by atoms with Gasteiger partial charge in [0.1, 0.15) is 0 Å². The summed E-state index contributed by atoms with van der Waals surface area (Å²) >= 11 is 0. The number of hydrogen-bond donors (Lipinski definition) is 1. The van der Waals surface area contributed by atoms with Crippen molar-refractivity contribution in [2.75, 3.05) is 13.7 Å². The lowest BCUT2D eigenvalue weighted by Crippen LogP contribution is -2.37. The molecule has 1 aromatic rings. The first-order chi connectivity index (χ1) is 8.54. The van der Waals surface area contributed by atoms with Crippen LogP contribution in [0.15, 0.2) is 24.3 Å². The minimum atomic E-state index is 0.297. The summed E-state index contributed by atoms with van der Waals surface area (Å²) in [4.78, 5) is 0. The molecule has 2 unspecified atom stereocenters. The number of rotatable bonds is 5. The number of methoxy groups -OCH3 is 1. The van der Waals surface area contributed by atoms with Crippen LogP contribution in [0.2, 0.25) is 0 Å². The van der Waals surface area contributed by atoms with E-state index in [0.717, 1.165) is 19.4 Å². The molecule has 1 aliphatic rings. The molecule has 0 radical (unpaired) electrons. The highest BCUT2D eigenvalue weighted by atomic mass is 16.5. The Labute approximate surface area is 111 Å². The largest absolute Gasteiger partial charge is 0.385 e. The summed E-state index contributed by atoms with van der Waals surface area (Å²) in [6, 6.07) is 9.77. The van der Waals surface area contributed by atoms with Gasteiger partial charge in [-0.1, -0.05) is 38.1 Å². The van der Waals surface area contributed by atoms with Crippen LogP contribution in [0, 0.1) is 5.41 Å². The van der Waals surface area contributed by atoms with Crippen molar-refractivity contribution >= 4 is 0 Å². The molecule has 0 aliphatic heterocycles. The maximum absolute atomic E-state index is 5.16. The molecule has 2 atom stereocenters. The molecular weight excluding hydrogens is 222 g/mol. The molecule has 1 aliphatic carbocycles. The Morgan fingerprint density at radius 1 is 1.39 bits per heavy atom. The molecular formula is C16H25NO. The van der Waals surface area contributed by atoms with Gasteiger partial charge in [-0.3, -0.25) is 0 Å². The fourth-order valence-corrected chi connectivity index (χ4v) is 2.97. The highest BCUT2D eigenvalue weighted by molar-refractivity contribution is 5.37. The summed E-state index contributed by atoms with van der Waals surface area (Å²) in [6.45, 7) is 7.78. The Balaban J connectivity index is 2.11. The number of benzene rings is 1. The van der Waals surface area contributed by atoms with E-state index in [4.69, 9.17) is 4.74 Å². The fraction of sp³-hybridized carbons (Fsp3) is 0.625. The molecule has 2 rings (SSSR count). The average molecular weight is 247 g/mol. The first kappa shape index (κ1) is 13.6. The van der Waals surface area contributed by atoms with E-state index in [1.807, 2.05) is 0 Å². The predicted molar refractivity (Wildman–Crippen MR) is 75.8 cm³/mol. The SMILES string of the molecule is COCCC(C)NC1c2ccccc2CC1(C)C. The summed E-state index contributed by atoms with van der Waals surface area (Å²) < 4.78 is 5.16. The number of ether oxygens (including phenoxy) is 1. The first-order valence-electron chi connectivity index (χ1n) is 6.87. The van der Waals surface area contributed by atoms with Crippen molar-refractivity contribution in [2.24, 2.45) is 5.41 Å². The van der Waals surface area contributed by atoms with Crippen LogP contribution in [-0.2, 0) is 11.2 Å². The highest BCUT2D eigenvalue weighted by Crippen LogP contribution is 2.45.